The van der Waals surface area contributed by atoms with Gasteiger partial charge in [0.25, 0.3) is 0 Å². The van der Waals surface area contributed by atoms with Crippen LogP contribution in [0.1, 0.15) is 12.2 Å². The molecule has 8 heteroatoms. The summed E-state index contributed by atoms with van der Waals surface area (Å²) in [5, 5.41) is 21.0. The van der Waals surface area contributed by atoms with Crippen molar-refractivity contribution in [3.63, 3.8) is 0 Å². The minimum Gasteiger partial charge on any atom is -0.353 e. The van der Waals surface area contributed by atoms with Crippen LogP contribution in [0, 0.1) is 6.92 Å². The van der Waals surface area contributed by atoms with Gasteiger partial charge in [0, 0.05) is 32.4 Å². The molecule has 118 valence electrons. The molecule has 0 atom stereocenters. The zero-order valence-corrected chi connectivity index (χ0v) is 13.0. The van der Waals surface area contributed by atoms with Crippen molar-refractivity contribution in [2.45, 2.75) is 13.3 Å². The van der Waals surface area contributed by atoms with Gasteiger partial charge in [-0.1, -0.05) is 0 Å². The number of aryl methyl sites for hydroxylation is 1. The Hall–Kier alpha value is -2.77. The normalized spacial score (nSPS) is 15.9. The molecule has 0 amide bonds. The van der Waals surface area contributed by atoms with E-state index in [-0.39, 0.29) is 0 Å². The van der Waals surface area contributed by atoms with Crippen LogP contribution in [0.2, 0.25) is 0 Å². The fourth-order valence-corrected chi connectivity index (χ4v) is 2.89. The molecular weight excluding hydrogens is 292 g/mol. The van der Waals surface area contributed by atoms with Crippen LogP contribution in [0.25, 0.3) is 5.65 Å². The van der Waals surface area contributed by atoms with Gasteiger partial charge in [0.05, 0.1) is 0 Å². The van der Waals surface area contributed by atoms with Crippen molar-refractivity contribution in [3.8, 4) is 0 Å². The second kappa shape index (κ2) is 5.79. The molecule has 1 saturated heterocycles. The molecule has 0 spiro atoms. The molecular formula is C15H18N8. The fourth-order valence-electron chi connectivity index (χ4n) is 2.89. The highest BCUT2D eigenvalue weighted by Gasteiger charge is 2.18. The van der Waals surface area contributed by atoms with Crippen LogP contribution in [0.3, 0.4) is 0 Å². The summed E-state index contributed by atoms with van der Waals surface area (Å²) in [7, 11) is 0. The molecule has 0 aromatic carbocycles. The molecule has 0 unspecified atom stereocenters. The summed E-state index contributed by atoms with van der Waals surface area (Å²) in [5.74, 6) is 2.70. The third kappa shape index (κ3) is 2.67. The number of hydrogen-bond donors (Lipinski definition) is 0. The van der Waals surface area contributed by atoms with Crippen LogP contribution in [0.15, 0.2) is 30.5 Å². The van der Waals surface area contributed by atoms with Crippen molar-refractivity contribution in [1.82, 2.24) is 30.0 Å². The Morgan fingerprint density at radius 1 is 0.870 bits per heavy atom. The van der Waals surface area contributed by atoms with E-state index in [1.165, 1.54) is 0 Å². The topological polar surface area (TPSA) is 75.3 Å². The highest BCUT2D eigenvalue weighted by Crippen LogP contribution is 2.17. The lowest BCUT2D eigenvalue weighted by molar-refractivity contribution is 0.768. The molecule has 8 nitrogen and oxygen atoms in total. The quantitative estimate of drug-likeness (QED) is 0.697. The second-order valence-electron chi connectivity index (χ2n) is 5.62. The standard InChI is InChI=1S/C15H18N8/c1-12-17-19-14-5-6-15(20-23(12)14)22-9-3-8-21(10-11-22)13-4-2-7-16-18-13/h2,4-7H,3,8-11H2,1H3. The molecule has 4 heterocycles. The van der Waals surface area contributed by atoms with Gasteiger partial charge in [-0.05, 0) is 37.6 Å². The van der Waals surface area contributed by atoms with E-state index in [2.05, 4.69) is 35.3 Å². The summed E-state index contributed by atoms with van der Waals surface area (Å²) in [6.07, 6.45) is 2.76. The molecule has 4 rings (SSSR count). The van der Waals surface area contributed by atoms with Gasteiger partial charge < -0.3 is 9.80 Å². The van der Waals surface area contributed by atoms with Gasteiger partial charge >= 0.3 is 0 Å². The average molecular weight is 310 g/mol. The molecule has 1 aliphatic rings. The van der Waals surface area contributed by atoms with Crippen LogP contribution in [0.4, 0.5) is 11.6 Å². The number of anilines is 2. The van der Waals surface area contributed by atoms with Crippen LogP contribution >= 0.6 is 0 Å². The van der Waals surface area contributed by atoms with Crippen molar-refractivity contribution in [3.05, 3.63) is 36.3 Å². The van der Waals surface area contributed by atoms with Crippen LogP contribution < -0.4 is 9.80 Å². The maximum absolute atomic E-state index is 4.67. The molecule has 0 aliphatic carbocycles. The lowest BCUT2D eigenvalue weighted by atomic mass is 10.3. The summed E-state index contributed by atoms with van der Waals surface area (Å²) in [6, 6.07) is 7.91. The molecule has 0 N–H and O–H groups in total. The Balaban J connectivity index is 1.54. The minimum absolute atomic E-state index is 0.780. The van der Waals surface area contributed by atoms with Crippen molar-refractivity contribution in [2.24, 2.45) is 0 Å². The van der Waals surface area contributed by atoms with Gasteiger partial charge in [0.15, 0.2) is 17.3 Å². The predicted molar refractivity (Wildman–Crippen MR) is 86.6 cm³/mol. The summed E-state index contributed by atoms with van der Waals surface area (Å²) in [5.41, 5.74) is 0.780. The van der Waals surface area contributed by atoms with E-state index in [0.29, 0.717) is 0 Å². The first-order chi connectivity index (χ1) is 11.3. The van der Waals surface area contributed by atoms with Crippen molar-refractivity contribution in [2.75, 3.05) is 36.0 Å². The van der Waals surface area contributed by atoms with Gasteiger partial charge in [-0.25, -0.2) is 0 Å². The van der Waals surface area contributed by atoms with E-state index >= 15 is 0 Å². The van der Waals surface area contributed by atoms with Crippen molar-refractivity contribution in [1.29, 1.82) is 0 Å². The largest absolute Gasteiger partial charge is 0.353 e. The minimum atomic E-state index is 0.780. The predicted octanol–water partition coefficient (Wildman–Crippen LogP) is 0.939. The van der Waals surface area contributed by atoms with E-state index in [9.17, 15) is 0 Å². The molecule has 1 fully saturated rings. The van der Waals surface area contributed by atoms with E-state index < -0.39 is 0 Å². The molecule has 0 saturated carbocycles. The van der Waals surface area contributed by atoms with Gasteiger partial charge in [0.1, 0.15) is 5.82 Å². The van der Waals surface area contributed by atoms with E-state index in [4.69, 9.17) is 0 Å². The SMILES string of the molecule is Cc1nnc2ccc(N3CCCN(c4cccnn4)CC3)nn12. The molecule has 1 aliphatic heterocycles. The highest BCUT2D eigenvalue weighted by molar-refractivity contribution is 5.47. The Morgan fingerprint density at radius 3 is 2.48 bits per heavy atom. The monoisotopic (exact) mass is 310 g/mol. The summed E-state index contributed by atoms with van der Waals surface area (Å²) in [4.78, 5) is 4.57. The van der Waals surface area contributed by atoms with E-state index in [1.807, 2.05) is 31.2 Å². The third-order valence-electron chi connectivity index (χ3n) is 4.11. The third-order valence-corrected chi connectivity index (χ3v) is 4.11. The van der Waals surface area contributed by atoms with Crippen LogP contribution in [-0.2, 0) is 0 Å². The first-order valence-corrected chi connectivity index (χ1v) is 7.78. The smallest absolute Gasteiger partial charge is 0.178 e. The summed E-state index contributed by atoms with van der Waals surface area (Å²) in [6.45, 7) is 5.66. The van der Waals surface area contributed by atoms with E-state index in [1.54, 1.807) is 10.7 Å². The Kier molecular flexibility index (Phi) is 3.49. The van der Waals surface area contributed by atoms with Gasteiger partial charge in [-0.2, -0.15) is 9.61 Å². The lowest BCUT2D eigenvalue weighted by Gasteiger charge is -2.23. The first-order valence-electron chi connectivity index (χ1n) is 7.78. The lowest BCUT2D eigenvalue weighted by Crippen LogP contribution is -2.31. The Bertz CT molecular complexity index is 800. The zero-order chi connectivity index (χ0) is 15.6. The zero-order valence-electron chi connectivity index (χ0n) is 13.0. The first kappa shape index (κ1) is 13.9. The number of hydrogen-bond acceptors (Lipinski definition) is 7. The maximum atomic E-state index is 4.67. The van der Waals surface area contributed by atoms with E-state index in [0.717, 1.165) is 55.7 Å². The number of nitrogens with zero attached hydrogens (tertiary/aromatic N) is 8. The average Bonchev–Trinajstić information content (AvgIpc) is 2.82. The van der Waals surface area contributed by atoms with Crippen molar-refractivity contribution >= 4 is 17.3 Å². The van der Waals surface area contributed by atoms with Gasteiger partial charge in [-0.15, -0.1) is 20.4 Å². The van der Waals surface area contributed by atoms with Gasteiger partial charge in [-0.3, -0.25) is 0 Å². The number of aromatic nitrogens is 6. The highest BCUT2D eigenvalue weighted by atomic mass is 15.4. The molecule has 0 radical (unpaired) electrons. The molecule has 0 bridgehead atoms. The fraction of sp³-hybridized carbons (Fsp3) is 0.400. The maximum Gasteiger partial charge on any atom is 0.178 e. The Labute approximate surface area is 133 Å². The van der Waals surface area contributed by atoms with Crippen LogP contribution in [0.5, 0.6) is 0 Å². The molecule has 23 heavy (non-hydrogen) atoms. The van der Waals surface area contributed by atoms with Crippen LogP contribution in [-0.4, -0.2) is 56.2 Å². The van der Waals surface area contributed by atoms with Gasteiger partial charge in [0.2, 0.25) is 0 Å². The molecule has 3 aromatic rings. The summed E-state index contributed by atoms with van der Waals surface area (Å²) < 4.78 is 1.79. The second-order valence-corrected chi connectivity index (χ2v) is 5.62. The number of rotatable bonds is 2. The summed E-state index contributed by atoms with van der Waals surface area (Å²) >= 11 is 0. The van der Waals surface area contributed by atoms with Crippen molar-refractivity contribution < 1.29 is 0 Å². The Morgan fingerprint density at radius 2 is 1.70 bits per heavy atom. The molecule has 3 aromatic heterocycles. The number of fused-ring (bicyclic) bond motifs is 1.